The van der Waals surface area contributed by atoms with Crippen LogP contribution in [0.2, 0.25) is 0 Å². The van der Waals surface area contributed by atoms with Crippen LogP contribution >= 0.6 is 11.3 Å². The number of aryl methyl sites for hydroxylation is 2. The molecule has 0 aliphatic rings. The summed E-state index contributed by atoms with van der Waals surface area (Å²) < 4.78 is 31.0. The zero-order chi connectivity index (χ0) is 15.9. The summed E-state index contributed by atoms with van der Waals surface area (Å²) in [5, 5.41) is 12.8. The number of rotatable bonds is 3. The first-order valence-electron chi connectivity index (χ1n) is 6.17. The molecule has 0 spiro atoms. The van der Waals surface area contributed by atoms with Gasteiger partial charge < -0.3 is 0 Å². The number of aromatic nitrogens is 5. The van der Waals surface area contributed by atoms with Crippen LogP contribution in [0.15, 0.2) is 29.2 Å². The van der Waals surface area contributed by atoms with Crippen molar-refractivity contribution in [2.24, 2.45) is 0 Å². The molecule has 8 nitrogen and oxygen atoms in total. The number of hydrogen-bond donors (Lipinski definition) is 1. The standard InChI is InChI=1S/C12H11N5O3S2/c1-7-8(2)21-12(13-7)11-14-16-17(15-11)9-3-5-10(6-4-9)22(18,19)20/h3-6H,1-2H3,(H,18,19,20). The molecule has 2 heterocycles. The van der Waals surface area contributed by atoms with E-state index in [-0.39, 0.29) is 4.90 Å². The van der Waals surface area contributed by atoms with Crippen LogP contribution in [0.5, 0.6) is 0 Å². The second-order valence-corrected chi connectivity index (χ2v) is 7.16. The molecule has 0 saturated carbocycles. The number of benzene rings is 1. The highest BCUT2D eigenvalue weighted by atomic mass is 32.2. The average Bonchev–Trinajstić information content (AvgIpc) is 3.06. The van der Waals surface area contributed by atoms with Crippen molar-refractivity contribution in [3.8, 4) is 16.5 Å². The van der Waals surface area contributed by atoms with Gasteiger partial charge in [-0.2, -0.15) is 8.42 Å². The van der Waals surface area contributed by atoms with Crippen molar-refractivity contribution < 1.29 is 13.0 Å². The molecule has 0 amide bonds. The average molecular weight is 337 g/mol. The summed E-state index contributed by atoms with van der Waals surface area (Å²) in [5.41, 5.74) is 1.45. The van der Waals surface area contributed by atoms with E-state index in [1.165, 1.54) is 40.4 Å². The quantitative estimate of drug-likeness (QED) is 0.723. The zero-order valence-corrected chi connectivity index (χ0v) is 13.3. The molecule has 0 radical (unpaired) electrons. The zero-order valence-electron chi connectivity index (χ0n) is 11.6. The van der Waals surface area contributed by atoms with Crippen molar-refractivity contribution >= 4 is 21.5 Å². The molecular formula is C12H11N5O3S2. The van der Waals surface area contributed by atoms with E-state index in [2.05, 4.69) is 20.4 Å². The first kappa shape index (κ1) is 14.8. The molecular weight excluding hydrogens is 326 g/mol. The van der Waals surface area contributed by atoms with Gasteiger partial charge in [0.2, 0.25) is 5.82 Å². The molecule has 22 heavy (non-hydrogen) atoms. The second-order valence-electron chi connectivity index (χ2n) is 4.53. The van der Waals surface area contributed by atoms with Crippen LogP contribution in [-0.2, 0) is 10.1 Å². The molecule has 1 aromatic carbocycles. The minimum Gasteiger partial charge on any atom is -0.282 e. The van der Waals surface area contributed by atoms with E-state index >= 15 is 0 Å². The second kappa shape index (κ2) is 5.23. The normalized spacial score (nSPS) is 11.8. The Balaban J connectivity index is 1.94. The maximum Gasteiger partial charge on any atom is 0.294 e. The van der Waals surface area contributed by atoms with E-state index in [0.29, 0.717) is 16.5 Å². The van der Waals surface area contributed by atoms with Gasteiger partial charge in [-0.1, -0.05) is 0 Å². The van der Waals surface area contributed by atoms with Crippen LogP contribution in [0.25, 0.3) is 16.5 Å². The third kappa shape index (κ3) is 2.75. The van der Waals surface area contributed by atoms with Crippen LogP contribution in [0.3, 0.4) is 0 Å². The highest BCUT2D eigenvalue weighted by molar-refractivity contribution is 7.85. The van der Waals surface area contributed by atoms with E-state index in [9.17, 15) is 8.42 Å². The largest absolute Gasteiger partial charge is 0.294 e. The molecule has 0 aliphatic carbocycles. The number of nitrogens with zero attached hydrogens (tertiary/aromatic N) is 5. The van der Waals surface area contributed by atoms with Crippen molar-refractivity contribution in [2.45, 2.75) is 18.7 Å². The molecule has 10 heteroatoms. The van der Waals surface area contributed by atoms with Gasteiger partial charge in [0.05, 0.1) is 16.3 Å². The highest BCUT2D eigenvalue weighted by Crippen LogP contribution is 2.24. The molecule has 1 N–H and O–H groups in total. The molecule has 3 aromatic rings. The Morgan fingerprint density at radius 3 is 2.41 bits per heavy atom. The summed E-state index contributed by atoms with van der Waals surface area (Å²) in [4.78, 5) is 6.53. The maximum atomic E-state index is 11.0. The van der Waals surface area contributed by atoms with Crippen molar-refractivity contribution in [1.82, 2.24) is 25.2 Å². The van der Waals surface area contributed by atoms with Crippen molar-refractivity contribution in [2.75, 3.05) is 0 Å². The first-order chi connectivity index (χ1) is 10.3. The molecule has 114 valence electrons. The Kier molecular flexibility index (Phi) is 3.51. The fraction of sp³-hybridized carbons (Fsp3) is 0.167. The highest BCUT2D eigenvalue weighted by Gasteiger charge is 2.14. The predicted octanol–water partition coefficient (Wildman–Crippen LogP) is 1.65. The molecule has 0 unspecified atom stereocenters. The van der Waals surface area contributed by atoms with Gasteiger partial charge in [-0.3, -0.25) is 4.55 Å². The molecule has 0 bridgehead atoms. The predicted molar refractivity (Wildman–Crippen MR) is 79.6 cm³/mol. The number of thiazole rings is 1. The monoisotopic (exact) mass is 337 g/mol. The third-order valence-corrected chi connectivity index (χ3v) is 4.94. The van der Waals surface area contributed by atoms with Crippen LogP contribution in [-0.4, -0.2) is 38.2 Å². The third-order valence-electron chi connectivity index (χ3n) is 3.00. The molecule has 0 saturated heterocycles. The van der Waals surface area contributed by atoms with Crippen LogP contribution in [0.1, 0.15) is 10.6 Å². The summed E-state index contributed by atoms with van der Waals surface area (Å²) >= 11 is 1.48. The molecule has 0 fully saturated rings. The molecule has 3 rings (SSSR count). The van der Waals surface area contributed by atoms with Gasteiger partial charge in [-0.05, 0) is 43.3 Å². The molecule has 0 atom stereocenters. The van der Waals surface area contributed by atoms with E-state index in [1.54, 1.807) is 0 Å². The van der Waals surface area contributed by atoms with E-state index in [0.717, 1.165) is 10.6 Å². The SMILES string of the molecule is Cc1nc(-c2nnn(-c3ccc(S(=O)(=O)O)cc3)n2)sc1C. The van der Waals surface area contributed by atoms with E-state index < -0.39 is 10.1 Å². The smallest absolute Gasteiger partial charge is 0.282 e. The van der Waals surface area contributed by atoms with Gasteiger partial charge in [0.25, 0.3) is 10.1 Å². The van der Waals surface area contributed by atoms with Gasteiger partial charge >= 0.3 is 0 Å². The minimum absolute atomic E-state index is 0.192. The van der Waals surface area contributed by atoms with Gasteiger partial charge in [0.15, 0.2) is 5.01 Å². The fourth-order valence-corrected chi connectivity index (χ4v) is 3.05. The Bertz CT molecular complexity index is 909. The van der Waals surface area contributed by atoms with Gasteiger partial charge in [0.1, 0.15) is 0 Å². The van der Waals surface area contributed by atoms with E-state index in [1.807, 2.05) is 13.8 Å². The Hall–Kier alpha value is -2.17. The number of tetrazole rings is 1. The molecule has 2 aromatic heterocycles. The lowest BCUT2D eigenvalue weighted by molar-refractivity contribution is 0.483. The topological polar surface area (TPSA) is 111 Å². The van der Waals surface area contributed by atoms with Gasteiger partial charge in [-0.15, -0.1) is 26.3 Å². The van der Waals surface area contributed by atoms with Gasteiger partial charge in [-0.25, -0.2) is 4.98 Å². The summed E-state index contributed by atoms with van der Waals surface area (Å²) in [7, 11) is -4.22. The maximum absolute atomic E-state index is 11.0. The summed E-state index contributed by atoms with van der Waals surface area (Å²) in [6.07, 6.45) is 0. The lowest BCUT2D eigenvalue weighted by atomic mass is 10.3. The summed E-state index contributed by atoms with van der Waals surface area (Å²) in [6, 6.07) is 5.50. The molecule has 0 aliphatic heterocycles. The van der Waals surface area contributed by atoms with Crippen molar-refractivity contribution in [3.05, 3.63) is 34.8 Å². The Morgan fingerprint density at radius 2 is 1.86 bits per heavy atom. The summed E-state index contributed by atoms with van der Waals surface area (Å²) in [6.45, 7) is 3.88. The van der Waals surface area contributed by atoms with E-state index in [4.69, 9.17) is 4.55 Å². The fourth-order valence-electron chi connectivity index (χ4n) is 1.73. The Morgan fingerprint density at radius 1 is 1.18 bits per heavy atom. The number of hydrogen-bond acceptors (Lipinski definition) is 7. The van der Waals surface area contributed by atoms with Crippen LogP contribution in [0, 0.1) is 13.8 Å². The van der Waals surface area contributed by atoms with Crippen molar-refractivity contribution in [1.29, 1.82) is 0 Å². The van der Waals surface area contributed by atoms with Crippen LogP contribution in [0.4, 0.5) is 0 Å². The Labute approximate surface area is 130 Å². The van der Waals surface area contributed by atoms with Gasteiger partial charge in [0, 0.05) is 4.88 Å². The first-order valence-corrected chi connectivity index (χ1v) is 8.42. The summed E-state index contributed by atoms with van der Waals surface area (Å²) in [5.74, 6) is 0.403. The van der Waals surface area contributed by atoms with Crippen molar-refractivity contribution in [3.63, 3.8) is 0 Å². The van der Waals surface area contributed by atoms with Crippen LogP contribution < -0.4 is 0 Å². The lowest BCUT2D eigenvalue weighted by Gasteiger charge is -1.99. The lowest BCUT2D eigenvalue weighted by Crippen LogP contribution is -2.01. The minimum atomic E-state index is -4.22.